The van der Waals surface area contributed by atoms with E-state index >= 15 is 0 Å². The minimum Gasteiger partial charge on any atom is -0.356 e. The summed E-state index contributed by atoms with van der Waals surface area (Å²) in [6.45, 7) is 7.98. The normalized spacial score (nSPS) is 12.5. The van der Waals surface area contributed by atoms with Gasteiger partial charge in [0.1, 0.15) is 5.78 Å². The smallest absolute Gasteiger partial charge is 0.225 e. The van der Waals surface area contributed by atoms with Gasteiger partial charge in [-0.1, -0.05) is 28.2 Å². The standard InChI is InChI=1S/C13H26N2O2.CH4/c1-10(16)11(14-5)8-6-7-9-15-12(17)13(2,3)4;/h11,14H,6-9H2,1-5H3,(H,15,17);1H4. The third-order valence-corrected chi connectivity index (χ3v) is 2.73. The molecule has 4 heteroatoms. The van der Waals surface area contributed by atoms with Gasteiger partial charge in [-0.05, 0) is 33.2 Å². The van der Waals surface area contributed by atoms with E-state index in [4.69, 9.17) is 0 Å². The van der Waals surface area contributed by atoms with Crippen molar-refractivity contribution in [1.29, 1.82) is 0 Å². The van der Waals surface area contributed by atoms with Crippen LogP contribution >= 0.6 is 0 Å². The molecule has 0 radical (unpaired) electrons. The number of ketones is 1. The Morgan fingerprint density at radius 1 is 1.17 bits per heavy atom. The summed E-state index contributed by atoms with van der Waals surface area (Å²) in [4.78, 5) is 22.7. The van der Waals surface area contributed by atoms with Crippen LogP contribution in [-0.2, 0) is 9.59 Å². The molecular formula is C14H30N2O2. The van der Waals surface area contributed by atoms with Crippen LogP contribution in [0.15, 0.2) is 0 Å². The van der Waals surface area contributed by atoms with Crippen LogP contribution in [0.2, 0.25) is 0 Å². The first-order valence-electron chi connectivity index (χ1n) is 6.25. The van der Waals surface area contributed by atoms with Crippen LogP contribution in [0.4, 0.5) is 0 Å². The first-order valence-corrected chi connectivity index (χ1v) is 6.25. The van der Waals surface area contributed by atoms with Gasteiger partial charge >= 0.3 is 0 Å². The molecule has 4 nitrogen and oxygen atoms in total. The molecule has 108 valence electrons. The second kappa shape index (κ2) is 9.09. The highest BCUT2D eigenvalue weighted by Gasteiger charge is 2.20. The minimum atomic E-state index is -0.326. The summed E-state index contributed by atoms with van der Waals surface area (Å²) < 4.78 is 0. The summed E-state index contributed by atoms with van der Waals surface area (Å²) in [5.74, 6) is 0.250. The van der Waals surface area contributed by atoms with Crippen molar-refractivity contribution in [3.8, 4) is 0 Å². The molecule has 0 bridgehead atoms. The maximum atomic E-state index is 11.5. The molecule has 1 unspecified atom stereocenters. The summed E-state index contributed by atoms with van der Waals surface area (Å²) in [5.41, 5.74) is -0.326. The molecule has 0 spiro atoms. The number of hydrogen-bond donors (Lipinski definition) is 2. The van der Waals surface area contributed by atoms with E-state index < -0.39 is 0 Å². The molecule has 0 aliphatic heterocycles. The zero-order valence-electron chi connectivity index (χ0n) is 11.7. The van der Waals surface area contributed by atoms with E-state index in [1.807, 2.05) is 20.8 Å². The predicted molar refractivity (Wildman–Crippen MR) is 76.6 cm³/mol. The van der Waals surface area contributed by atoms with Crippen LogP contribution in [0.3, 0.4) is 0 Å². The summed E-state index contributed by atoms with van der Waals surface area (Å²) in [5, 5.41) is 5.89. The number of likely N-dealkylation sites (N-methyl/N-ethyl adjacent to an activating group) is 1. The zero-order chi connectivity index (χ0) is 13.5. The topological polar surface area (TPSA) is 58.2 Å². The third kappa shape index (κ3) is 8.23. The number of hydrogen-bond acceptors (Lipinski definition) is 3. The second-order valence-electron chi connectivity index (χ2n) is 5.45. The fraction of sp³-hybridized carbons (Fsp3) is 0.857. The van der Waals surface area contributed by atoms with Gasteiger partial charge in [-0.3, -0.25) is 9.59 Å². The van der Waals surface area contributed by atoms with E-state index in [1.165, 1.54) is 0 Å². The molecule has 1 atom stereocenters. The molecule has 0 aliphatic rings. The molecular weight excluding hydrogens is 228 g/mol. The lowest BCUT2D eigenvalue weighted by molar-refractivity contribution is -0.128. The van der Waals surface area contributed by atoms with Crippen LogP contribution in [-0.4, -0.2) is 31.3 Å². The lowest BCUT2D eigenvalue weighted by Crippen LogP contribution is -2.35. The van der Waals surface area contributed by atoms with Crippen molar-refractivity contribution >= 4 is 11.7 Å². The predicted octanol–water partition coefficient (Wildman–Crippen LogP) is 2.13. The number of nitrogens with one attached hydrogen (secondary N) is 2. The third-order valence-electron chi connectivity index (χ3n) is 2.73. The SMILES string of the molecule is C.CNC(CCCCNC(=O)C(C)(C)C)C(C)=O. The first-order chi connectivity index (χ1) is 7.79. The molecule has 0 aromatic heterocycles. The van der Waals surface area contributed by atoms with Crippen LogP contribution < -0.4 is 10.6 Å². The zero-order valence-corrected chi connectivity index (χ0v) is 11.7. The van der Waals surface area contributed by atoms with E-state index in [-0.39, 0.29) is 30.6 Å². The first kappa shape index (κ1) is 19.4. The van der Waals surface area contributed by atoms with Crippen molar-refractivity contribution < 1.29 is 9.59 Å². The average Bonchev–Trinajstić information content (AvgIpc) is 2.20. The van der Waals surface area contributed by atoms with Gasteiger partial charge in [-0.2, -0.15) is 0 Å². The van der Waals surface area contributed by atoms with Gasteiger partial charge in [0.2, 0.25) is 5.91 Å². The number of carbonyl (C=O) groups excluding carboxylic acids is 2. The van der Waals surface area contributed by atoms with E-state index in [2.05, 4.69) is 10.6 Å². The molecule has 0 aromatic rings. The maximum absolute atomic E-state index is 11.5. The Morgan fingerprint density at radius 3 is 2.11 bits per heavy atom. The van der Waals surface area contributed by atoms with Crippen LogP contribution in [0.5, 0.6) is 0 Å². The fourth-order valence-electron chi connectivity index (χ4n) is 1.49. The lowest BCUT2D eigenvalue weighted by atomic mass is 9.95. The van der Waals surface area contributed by atoms with Crippen molar-refractivity contribution in [1.82, 2.24) is 10.6 Å². The minimum absolute atomic E-state index is 0. The Balaban J connectivity index is 0. The average molecular weight is 258 g/mol. The molecule has 2 N–H and O–H groups in total. The molecule has 0 saturated carbocycles. The molecule has 0 aliphatic carbocycles. The molecule has 0 rings (SSSR count). The highest BCUT2D eigenvalue weighted by molar-refractivity contribution is 5.81. The maximum Gasteiger partial charge on any atom is 0.225 e. The van der Waals surface area contributed by atoms with Gasteiger partial charge in [0, 0.05) is 12.0 Å². The van der Waals surface area contributed by atoms with E-state index in [0.717, 1.165) is 19.3 Å². The lowest BCUT2D eigenvalue weighted by Gasteiger charge is -2.18. The molecule has 18 heavy (non-hydrogen) atoms. The molecule has 0 fully saturated rings. The number of Topliss-reactive ketones (excluding diaryl/α,β-unsaturated/α-hetero) is 1. The van der Waals surface area contributed by atoms with Gasteiger partial charge in [0.05, 0.1) is 6.04 Å². The Morgan fingerprint density at radius 2 is 1.72 bits per heavy atom. The number of carbonyl (C=O) groups is 2. The van der Waals surface area contributed by atoms with E-state index in [9.17, 15) is 9.59 Å². The summed E-state index contributed by atoms with van der Waals surface area (Å²) in [7, 11) is 1.80. The Kier molecular flexibility index (Phi) is 9.81. The van der Waals surface area contributed by atoms with Crippen molar-refractivity contribution in [2.75, 3.05) is 13.6 Å². The van der Waals surface area contributed by atoms with Gasteiger partial charge in [0.15, 0.2) is 0 Å². The van der Waals surface area contributed by atoms with Gasteiger partial charge in [-0.15, -0.1) is 0 Å². The summed E-state index contributed by atoms with van der Waals surface area (Å²) >= 11 is 0. The van der Waals surface area contributed by atoms with Gasteiger partial charge in [0.25, 0.3) is 0 Å². The molecule has 0 saturated heterocycles. The monoisotopic (exact) mass is 258 g/mol. The van der Waals surface area contributed by atoms with Crippen molar-refractivity contribution in [2.24, 2.45) is 5.41 Å². The molecule has 0 aromatic carbocycles. The van der Waals surface area contributed by atoms with Crippen molar-refractivity contribution in [3.05, 3.63) is 0 Å². The van der Waals surface area contributed by atoms with Crippen molar-refractivity contribution in [3.63, 3.8) is 0 Å². The van der Waals surface area contributed by atoms with E-state index in [1.54, 1.807) is 14.0 Å². The molecule has 0 heterocycles. The number of rotatable bonds is 7. The fourth-order valence-corrected chi connectivity index (χ4v) is 1.49. The summed E-state index contributed by atoms with van der Waals surface area (Å²) in [6.07, 6.45) is 2.68. The quantitative estimate of drug-likeness (QED) is 0.688. The Labute approximate surface area is 112 Å². The highest BCUT2D eigenvalue weighted by atomic mass is 16.2. The summed E-state index contributed by atoms with van der Waals surface area (Å²) in [6, 6.07) is -0.0479. The number of amides is 1. The second-order valence-corrected chi connectivity index (χ2v) is 5.45. The Bertz CT molecular complexity index is 257. The van der Waals surface area contributed by atoms with Gasteiger partial charge in [-0.25, -0.2) is 0 Å². The van der Waals surface area contributed by atoms with Crippen LogP contribution in [0.1, 0.15) is 54.4 Å². The van der Waals surface area contributed by atoms with Crippen molar-refractivity contribution in [2.45, 2.75) is 60.4 Å². The van der Waals surface area contributed by atoms with Gasteiger partial charge < -0.3 is 10.6 Å². The highest BCUT2D eigenvalue weighted by Crippen LogP contribution is 2.12. The van der Waals surface area contributed by atoms with Crippen LogP contribution in [0, 0.1) is 5.41 Å². The van der Waals surface area contributed by atoms with Crippen LogP contribution in [0.25, 0.3) is 0 Å². The number of unbranched alkanes of at least 4 members (excludes halogenated alkanes) is 1. The largest absolute Gasteiger partial charge is 0.356 e. The Hall–Kier alpha value is -0.900. The van der Waals surface area contributed by atoms with E-state index in [0.29, 0.717) is 6.54 Å². The molecule has 1 amide bonds.